The molecule has 0 unspecified atom stereocenters. The lowest BCUT2D eigenvalue weighted by molar-refractivity contribution is 0.508. The molecule has 0 spiro atoms. The van der Waals surface area contributed by atoms with Crippen molar-refractivity contribution in [1.82, 2.24) is 15.0 Å². The fourth-order valence-electron chi connectivity index (χ4n) is 2.35. The van der Waals surface area contributed by atoms with Crippen LogP contribution in [0.1, 0.15) is 22.9 Å². The van der Waals surface area contributed by atoms with Gasteiger partial charge in [0.25, 0.3) is 0 Å². The van der Waals surface area contributed by atoms with Crippen molar-refractivity contribution in [2.75, 3.05) is 23.7 Å². The molecule has 6 heteroatoms. The monoisotopic (exact) mass is 266 g/mol. The minimum atomic E-state index is 0.307. The molecule has 1 saturated heterocycles. The van der Waals surface area contributed by atoms with Gasteiger partial charge in [0.2, 0.25) is 5.95 Å². The fraction of sp³-hybridized carbons (Fsp3) is 0.286. The number of aryl methyl sites for hydroxylation is 1. The van der Waals surface area contributed by atoms with Crippen molar-refractivity contribution in [3.63, 3.8) is 0 Å². The van der Waals surface area contributed by atoms with Gasteiger partial charge in [-0.1, -0.05) is 0 Å². The van der Waals surface area contributed by atoms with Crippen molar-refractivity contribution < 1.29 is 0 Å². The number of anilines is 2. The van der Waals surface area contributed by atoms with Crippen LogP contribution < -0.4 is 10.6 Å². The number of nitrogens with two attached hydrogens (primary N) is 1. The number of nitriles is 1. The second-order valence-electron chi connectivity index (χ2n) is 4.91. The normalized spacial score (nSPS) is 14.7. The Kier molecular flexibility index (Phi) is 2.95. The van der Waals surface area contributed by atoms with E-state index in [2.05, 4.69) is 25.9 Å². The molecule has 0 amide bonds. The van der Waals surface area contributed by atoms with E-state index >= 15 is 0 Å². The van der Waals surface area contributed by atoms with Crippen molar-refractivity contribution in [2.24, 2.45) is 0 Å². The van der Waals surface area contributed by atoms with Crippen LogP contribution >= 0.6 is 0 Å². The molecule has 0 aromatic carbocycles. The molecule has 6 nitrogen and oxygen atoms in total. The van der Waals surface area contributed by atoms with Gasteiger partial charge in [0.15, 0.2) is 0 Å². The second kappa shape index (κ2) is 4.78. The molecule has 2 aromatic heterocycles. The van der Waals surface area contributed by atoms with E-state index in [1.807, 2.05) is 19.1 Å². The van der Waals surface area contributed by atoms with E-state index in [9.17, 15) is 0 Å². The molecule has 100 valence electrons. The summed E-state index contributed by atoms with van der Waals surface area (Å²) in [7, 11) is 0. The van der Waals surface area contributed by atoms with E-state index in [1.165, 1.54) is 0 Å². The number of nitrogens with zero attached hydrogens (tertiary/aromatic N) is 5. The van der Waals surface area contributed by atoms with Gasteiger partial charge in [-0.3, -0.25) is 0 Å². The summed E-state index contributed by atoms with van der Waals surface area (Å²) < 4.78 is 0. The summed E-state index contributed by atoms with van der Waals surface area (Å²) in [4.78, 5) is 14.7. The number of nitrogen functional groups attached to an aromatic ring is 1. The first-order valence-corrected chi connectivity index (χ1v) is 6.38. The molecule has 2 aromatic rings. The van der Waals surface area contributed by atoms with Crippen LogP contribution in [0.3, 0.4) is 0 Å². The van der Waals surface area contributed by atoms with Gasteiger partial charge in [-0.15, -0.1) is 0 Å². The largest absolute Gasteiger partial charge is 0.368 e. The van der Waals surface area contributed by atoms with E-state index in [-0.39, 0.29) is 0 Å². The molecule has 0 bridgehead atoms. The number of rotatable bonds is 2. The highest BCUT2D eigenvalue weighted by Crippen LogP contribution is 2.30. The van der Waals surface area contributed by atoms with Gasteiger partial charge < -0.3 is 10.6 Å². The standard InChI is InChI=1S/C14H14N6/c1-9-4-10(6-15)5-13(18-9)20-7-11(8-20)12-2-3-17-14(16)19-12/h2-5,11H,7-8H2,1H3,(H2,16,17,19). The average Bonchev–Trinajstić information content (AvgIpc) is 2.36. The highest BCUT2D eigenvalue weighted by molar-refractivity contribution is 5.50. The zero-order valence-corrected chi connectivity index (χ0v) is 11.1. The molecular weight excluding hydrogens is 252 g/mol. The predicted octanol–water partition coefficient (Wildman–Crippen LogP) is 1.24. The zero-order chi connectivity index (χ0) is 14.1. The van der Waals surface area contributed by atoms with E-state index in [0.29, 0.717) is 17.4 Å². The lowest BCUT2D eigenvalue weighted by atomic mass is 9.96. The summed E-state index contributed by atoms with van der Waals surface area (Å²) in [6, 6.07) is 7.65. The molecule has 2 N–H and O–H groups in total. The number of pyridine rings is 1. The third kappa shape index (κ3) is 2.26. The van der Waals surface area contributed by atoms with Crippen molar-refractivity contribution in [3.8, 4) is 6.07 Å². The zero-order valence-electron chi connectivity index (χ0n) is 11.1. The summed E-state index contributed by atoms with van der Waals surface area (Å²) in [5.41, 5.74) is 8.05. The Morgan fingerprint density at radius 1 is 1.35 bits per heavy atom. The van der Waals surface area contributed by atoms with Crippen LogP contribution in [0.2, 0.25) is 0 Å². The Morgan fingerprint density at radius 3 is 2.85 bits per heavy atom. The minimum absolute atomic E-state index is 0.307. The maximum absolute atomic E-state index is 8.99. The summed E-state index contributed by atoms with van der Waals surface area (Å²) in [6.45, 7) is 3.56. The Labute approximate surface area is 116 Å². The first-order valence-electron chi connectivity index (χ1n) is 6.38. The van der Waals surface area contributed by atoms with Crippen LogP contribution in [0.15, 0.2) is 24.4 Å². The molecule has 3 rings (SSSR count). The average molecular weight is 266 g/mol. The highest BCUT2D eigenvalue weighted by Gasteiger charge is 2.30. The molecule has 1 aliphatic heterocycles. The van der Waals surface area contributed by atoms with Crippen LogP contribution in [-0.2, 0) is 0 Å². The summed E-state index contributed by atoms with van der Waals surface area (Å²) >= 11 is 0. The van der Waals surface area contributed by atoms with Gasteiger partial charge in [0.1, 0.15) is 5.82 Å². The SMILES string of the molecule is Cc1cc(C#N)cc(N2CC(c3ccnc(N)n3)C2)n1. The van der Waals surface area contributed by atoms with Gasteiger partial charge >= 0.3 is 0 Å². The van der Waals surface area contributed by atoms with Gasteiger partial charge in [0, 0.05) is 30.9 Å². The maximum atomic E-state index is 8.99. The molecule has 1 aliphatic rings. The Bertz CT molecular complexity index is 684. The van der Waals surface area contributed by atoms with Crippen molar-refractivity contribution in [3.05, 3.63) is 41.3 Å². The molecule has 0 radical (unpaired) electrons. The van der Waals surface area contributed by atoms with Gasteiger partial charge in [0.05, 0.1) is 17.3 Å². The van der Waals surface area contributed by atoms with Crippen molar-refractivity contribution in [1.29, 1.82) is 5.26 Å². The van der Waals surface area contributed by atoms with E-state index < -0.39 is 0 Å². The maximum Gasteiger partial charge on any atom is 0.220 e. The summed E-state index contributed by atoms with van der Waals surface area (Å²) in [6.07, 6.45) is 1.68. The molecular formula is C14H14N6. The van der Waals surface area contributed by atoms with Gasteiger partial charge in [-0.05, 0) is 25.1 Å². The quantitative estimate of drug-likeness (QED) is 0.879. The highest BCUT2D eigenvalue weighted by atomic mass is 15.2. The molecule has 1 fully saturated rings. The van der Waals surface area contributed by atoms with Crippen LogP contribution in [0.5, 0.6) is 0 Å². The predicted molar refractivity (Wildman–Crippen MR) is 75.1 cm³/mol. The van der Waals surface area contributed by atoms with Crippen LogP contribution in [0, 0.1) is 18.3 Å². The van der Waals surface area contributed by atoms with Crippen LogP contribution in [0.4, 0.5) is 11.8 Å². The molecule has 0 atom stereocenters. The number of aromatic nitrogens is 3. The van der Waals surface area contributed by atoms with Crippen molar-refractivity contribution in [2.45, 2.75) is 12.8 Å². The van der Waals surface area contributed by atoms with Crippen molar-refractivity contribution >= 4 is 11.8 Å². The van der Waals surface area contributed by atoms with E-state index in [4.69, 9.17) is 11.0 Å². The Morgan fingerprint density at radius 2 is 2.15 bits per heavy atom. The summed E-state index contributed by atoms with van der Waals surface area (Å²) in [5, 5.41) is 8.99. The minimum Gasteiger partial charge on any atom is -0.368 e. The van der Waals surface area contributed by atoms with E-state index in [0.717, 1.165) is 30.3 Å². The summed E-state index contributed by atoms with van der Waals surface area (Å²) in [5.74, 6) is 1.49. The molecule has 0 saturated carbocycles. The molecule has 3 heterocycles. The van der Waals surface area contributed by atoms with Crippen LogP contribution in [-0.4, -0.2) is 28.0 Å². The first-order chi connectivity index (χ1) is 9.65. The fourth-order valence-corrected chi connectivity index (χ4v) is 2.35. The Balaban J connectivity index is 1.75. The third-order valence-corrected chi connectivity index (χ3v) is 3.39. The number of hydrogen-bond acceptors (Lipinski definition) is 6. The lowest BCUT2D eigenvalue weighted by Gasteiger charge is -2.40. The number of hydrogen-bond donors (Lipinski definition) is 1. The Hall–Kier alpha value is -2.68. The van der Waals surface area contributed by atoms with E-state index in [1.54, 1.807) is 12.3 Å². The smallest absolute Gasteiger partial charge is 0.220 e. The van der Waals surface area contributed by atoms with Crippen LogP contribution in [0.25, 0.3) is 0 Å². The topological polar surface area (TPSA) is 91.7 Å². The molecule has 0 aliphatic carbocycles. The van der Waals surface area contributed by atoms with Gasteiger partial charge in [-0.25, -0.2) is 15.0 Å². The first kappa shape index (κ1) is 12.4. The third-order valence-electron chi connectivity index (χ3n) is 3.39. The lowest BCUT2D eigenvalue weighted by Crippen LogP contribution is -2.46. The van der Waals surface area contributed by atoms with Gasteiger partial charge in [-0.2, -0.15) is 5.26 Å². The second-order valence-corrected chi connectivity index (χ2v) is 4.91. The molecule has 20 heavy (non-hydrogen) atoms.